The van der Waals surface area contributed by atoms with Gasteiger partial charge in [-0.3, -0.25) is 4.79 Å². The molecule has 2 rings (SSSR count). The molecule has 0 saturated heterocycles. The van der Waals surface area contributed by atoms with E-state index >= 15 is 0 Å². The Hall–Kier alpha value is -1.63. The second-order valence-electron chi connectivity index (χ2n) is 7.13. The Labute approximate surface area is 165 Å². The van der Waals surface area contributed by atoms with Crippen LogP contribution in [0.25, 0.3) is 0 Å². The van der Waals surface area contributed by atoms with Gasteiger partial charge in [-0.1, -0.05) is 32.9 Å². The largest absolute Gasteiger partial charge is 0.491 e. The topological polar surface area (TPSA) is 77.2 Å². The maximum absolute atomic E-state index is 12.2. The van der Waals surface area contributed by atoms with Crippen molar-refractivity contribution in [2.75, 3.05) is 13.2 Å². The fourth-order valence-corrected chi connectivity index (χ4v) is 3.06. The zero-order valence-corrected chi connectivity index (χ0v) is 17.4. The number of ether oxygens (including phenoxy) is 1. The Morgan fingerprint density at radius 2 is 1.96 bits per heavy atom. The Balaban J connectivity index is 0.00000338. The van der Waals surface area contributed by atoms with Crippen molar-refractivity contribution in [3.63, 3.8) is 0 Å². The molecule has 1 aromatic heterocycles. The van der Waals surface area contributed by atoms with Gasteiger partial charge in [-0.2, -0.15) is 0 Å². The van der Waals surface area contributed by atoms with E-state index in [1.165, 1.54) is 16.9 Å². The van der Waals surface area contributed by atoms with Crippen molar-refractivity contribution < 1.29 is 9.53 Å². The zero-order chi connectivity index (χ0) is 18.4. The molecule has 1 amide bonds. The molecule has 26 heavy (non-hydrogen) atoms. The van der Waals surface area contributed by atoms with Gasteiger partial charge in [0.05, 0.1) is 11.0 Å². The lowest BCUT2D eigenvalue weighted by molar-refractivity contribution is 0.0922. The van der Waals surface area contributed by atoms with Gasteiger partial charge in [-0.15, -0.1) is 23.7 Å². The van der Waals surface area contributed by atoms with Crippen LogP contribution in [0.3, 0.4) is 0 Å². The minimum absolute atomic E-state index is 0. The molecule has 1 aromatic carbocycles. The average Bonchev–Trinajstić information content (AvgIpc) is 3.02. The maximum atomic E-state index is 12.2. The van der Waals surface area contributed by atoms with Crippen LogP contribution in [0.2, 0.25) is 0 Å². The summed E-state index contributed by atoms with van der Waals surface area (Å²) < 4.78 is 5.77. The molecule has 0 aliphatic heterocycles. The van der Waals surface area contributed by atoms with Gasteiger partial charge in [0, 0.05) is 11.8 Å². The van der Waals surface area contributed by atoms with Crippen molar-refractivity contribution >= 4 is 29.7 Å². The molecule has 0 aliphatic carbocycles. The lowest BCUT2D eigenvalue weighted by Gasteiger charge is -2.19. The van der Waals surface area contributed by atoms with Crippen molar-refractivity contribution in [1.82, 2.24) is 10.3 Å². The molecule has 1 atom stereocenters. The second-order valence-corrected chi connectivity index (χ2v) is 8.07. The molecule has 0 radical (unpaired) electrons. The Bertz CT molecular complexity index is 696. The van der Waals surface area contributed by atoms with E-state index in [9.17, 15) is 4.79 Å². The molecule has 2 aromatic rings. The Morgan fingerprint density at radius 3 is 2.54 bits per heavy atom. The monoisotopic (exact) mass is 397 g/mol. The van der Waals surface area contributed by atoms with E-state index in [0.29, 0.717) is 25.3 Å². The van der Waals surface area contributed by atoms with Crippen molar-refractivity contribution in [2.24, 2.45) is 5.73 Å². The predicted molar refractivity (Wildman–Crippen MR) is 110 cm³/mol. The van der Waals surface area contributed by atoms with Gasteiger partial charge in [-0.25, -0.2) is 4.98 Å². The summed E-state index contributed by atoms with van der Waals surface area (Å²) in [6.07, 6.45) is 0.696. The van der Waals surface area contributed by atoms with E-state index < -0.39 is 0 Å². The molecule has 5 nitrogen and oxygen atoms in total. The molecule has 1 heterocycles. The fraction of sp³-hybridized carbons (Fsp3) is 0.474. The molecule has 0 bridgehead atoms. The lowest BCUT2D eigenvalue weighted by Crippen LogP contribution is -2.37. The number of carbonyl (C=O) groups excluding carboxylic acids is 1. The molecule has 7 heteroatoms. The number of hydrogen-bond acceptors (Lipinski definition) is 5. The SMILES string of the molecule is CC(COc1ccc(C(C)(C)C)cc1)NC(=O)c1csc(CCN)n1.Cl. The molecular weight excluding hydrogens is 370 g/mol. The van der Waals surface area contributed by atoms with Gasteiger partial charge in [0.2, 0.25) is 0 Å². The Kier molecular flexibility index (Phi) is 8.53. The third kappa shape index (κ3) is 6.59. The molecule has 1 unspecified atom stereocenters. The van der Waals surface area contributed by atoms with E-state index in [4.69, 9.17) is 10.5 Å². The molecule has 0 aliphatic rings. The quantitative estimate of drug-likeness (QED) is 0.748. The van der Waals surface area contributed by atoms with E-state index in [2.05, 4.69) is 43.2 Å². The van der Waals surface area contributed by atoms with Crippen molar-refractivity contribution in [3.8, 4) is 5.75 Å². The molecule has 0 spiro atoms. The van der Waals surface area contributed by atoms with Gasteiger partial charge in [0.1, 0.15) is 18.1 Å². The summed E-state index contributed by atoms with van der Waals surface area (Å²) in [7, 11) is 0. The van der Waals surface area contributed by atoms with E-state index in [1.54, 1.807) is 5.38 Å². The summed E-state index contributed by atoms with van der Waals surface area (Å²) >= 11 is 1.46. The van der Waals surface area contributed by atoms with Gasteiger partial charge in [-0.05, 0) is 36.6 Å². The number of amides is 1. The van der Waals surface area contributed by atoms with Gasteiger partial charge < -0.3 is 15.8 Å². The number of hydrogen-bond donors (Lipinski definition) is 2. The fourth-order valence-electron chi connectivity index (χ4n) is 2.27. The lowest BCUT2D eigenvalue weighted by atomic mass is 9.87. The number of nitrogens with one attached hydrogen (secondary N) is 1. The van der Waals surface area contributed by atoms with Gasteiger partial charge in [0.15, 0.2) is 0 Å². The zero-order valence-electron chi connectivity index (χ0n) is 15.7. The maximum Gasteiger partial charge on any atom is 0.271 e. The summed E-state index contributed by atoms with van der Waals surface area (Å²) in [6, 6.07) is 7.97. The van der Waals surface area contributed by atoms with Crippen LogP contribution >= 0.6 is 23.7 Å². The average molecular weight is 398 g/mol. The highest BCUT2D eigenvalue weighted by atomic mass is 35.5. The van der Waals surface area contributed by atoms with Crippen molar-refractivity contribution in [2.45, 2.75) is 45.6 Å². The molecule has 0 fully saturated rings. The molecule has 0 saturated carbocycles. The summed E-state index contributed by atoms with van der Waals surface area (Å²) in [5.41, 5.74) is 7.33. The highest BCUT2D eigenvalue weighted by molar-refractivity contribution is 7.09. The molecule has 144 valence electrons. The number of benzene rings is 1. The minimum atomic E-state index is -0.182. The van der Waals surface area contributed by atoms with Crippen LogP contribution in [0.5, 0.6) is 5.75 Å². The number of aromatic nitrogens is 1. The summed E-state index contributed by atoms with van der Waals surface area (Å²) in [5.74, 6) is 0.617. The van der Waals surface area contributed by atoms with Crippen molar-refractivity contribution in [1.29, 1.82) is 0 Å². The van der Waals surface area contributed by atoms with E-state index in [0.717, 1.165) is 10.8 Å². The van der Waals surface area contributed by atoms with Crippen LogP contribution in [0.1, 0.15) is 48.8 Å². The van der Waals surface area contributed by atoms with Crippen LogP contribution < -0.4 is 15.8 Å². The van der Waals surface area contributed by atoms with Gasteiger partial charge in [0.25, 0.3) is 5.91 Å². The van der Waals surface area contributed by atoms with E-state index in [-0.39, 0.29) is 29.8 Å². The van der Waals surface area contributed by atoms with Crippen LogP contribution in [0, 0.1) is 0 Å². The first-order chi connectivity index (χ1) is 11.8. The van der Waals surface area contributed by atoms with Crippen LogP contribution in [-0.4, -0.2) is 30.1 Å². The number of rotatable bonds is 7. The first kappa shape index (κ1) is 22.4. The third-order valence-corrected chi connectivity index (χ3v) is 4.65. The Morgan fingerprint density at radius 1 is 1.31 bits per heavy atom. The highest BCUT2D eigenvalue weighted by Gasteiger charge is 2.15. The number of nitrogens with two attached hydrogens (primary N) is 1. The third-order valence-electron chi connectivity index (χ3n) is 3.74. The molecular formula is C19H28ClN3O2S. The number of nitrogens with zero attached hydrogens (tertiary/aromatic N) is 1. The first-order valence-electron chi connectivity index (χ1n) is 8.48. The van der Waals surface area contributed by atoms with Crippen LogP contribution in [0.15, 0.2) is 29.6 Å². The second kappa shape index (κ2) is 9.90. The summed E-state index contributed by atoms with van der Waals surface area (Å²) in [5, 5.41) is 5.55. The van der Waals surface area contributed by atoms with Gasteiger partial charge >= 0.3 is 0 Å². The van der Waals surface area contributed by atoms with Crippen LogP contribution in [-0.2, 0) is 11.8 Å². The molecule has 3 N–H and O–H groups in total. The highest BCUT2D eigenvalue weighted by Crippen LogP contribution is 2.24. The van der Waals surface area contributed by atoms with Crippen molar-refractivity contribution in [3.05, 3.63) is 45.9 Å². The first-order valence-corrected chi connectivity index (χ1v) is 9.36. The van der Waals surface area contributed by atoms with E-state index in [1.807, 2.05) is 19.1 Å². The van der Waals surface area contributed by atoms with Crippen LogP contribution in [0.4, 0.5) is 0 Å². The normalized spacial score (nSPS) is 12.2. The standard InChI is InChI=1S/C19H27N3O2S.ClH/c1-13(21-18(23)16-12-25-17(22-16)9-10-20)11-24-15-7-5-14(6-8-15)19(2,3)4;/h5-8,12-13H,9-11,20H2,1-4H3,(H,21,23);1H. The smallest absolute Gasteiger partial charge is 0.271 e. The predicted octanol–water partition coefficient (Wildman–Crippen LogP) is 3.56. The number of carbonyl (C=O) groups is 1. The summed E-state index contributed by atoms with van der Waals surface area (Å²) in [6.45, 7) is 9.38. The summed E-state index contributed by atoms with van der Waals surface area (Å²) in [4.78, 5) is 16.5. The minimum Gasteiger partial charge on any atom is -0.491 e. The number of thiazole rings is 1. The number of halogens is 1.